The molecule has 0 bridgehead atoms. The smallest absolute Gasteiger partial charge is 0.105 e. The van der Waals surface area contributed by atoms with Crippen molar-refractivity contribution >= 4 is 22.9 Å². The topological polar surface area (TPSA) is 24.1 Å². The lowest BCUT2D eigenvalue weighted by atomic mass is 10.2. The van der Waals surface area contributed by atoms with Crippen LogP contribution >= 0.6 is 12.2 Å². The number of hydrogen-bond acceptors (Lipinski definition) is 2. The van der Waals surface area contributed by atoms with Gasteiger partial charge >= 0.3 is 0 Å². The lowest BCUT2D eigenvalue weighted by molar-refractivity contribution is 0.813. The number of allylic oxidation sites excluding steroid dienone is 1. The van der Waals surface area contributed by atoms with E-state index >= 15 is 0 Å². The SMILES string of the molecule is C/C(=C\C(=S)Nc1ccccc1)NCc1ccccc1. The van der Waals surface area contributed by atoms with Crippen LogP contribution in [0.25, 0.3) is 0 Å². The number of anilines is 1. The molecule has 102 valence electrons. The molecule has 0 atom stereocenters. The molecule has 0 saturated carbocycles. The van der Waals surface area contributed by atoms with Gasteiger partial charge in [-0.3, -0.25) is 0 Å². The molecule has 20 heavy (non-hydrogen) atoms. The van der Waals surface area contributed by atoms with Gasteiger partial charge in [0.2, 0.25) is 0 Å². The molecule has 0 aliphatic carbocycles. The minimum atomic E-state index is 0.703. The van der Waals surface area contributed by atoms with E-state index in [1.165, 1.54) is 5.56 Å². The van der Waals surface area contributed by atoms with E-state index in [1.54, 1.807) is 0 Å². The summed E-state index contributed by atoms with van der Waals surface area (Å²) in [5.41, 5.74) is 3.30. The van der Waals surface area contributed by atoms with Crippen LogP contribution in [0.2, 0.25) is 0 Å². The average molecular weight is 282 g/mol. The Bertz CT molecular complexity index is 576. The third-order valence-corrected chi connectivity index (χ3v) is 3.02. The minimum Gasteiger partial charge on any atom is -0.384 e. The first-order valence-corrected chi connectivity index (χ1v) is 6.97. The van der Waals surface area contributed by atoms with Crippen molar-refractivity contribution in [1.82, 2.24) is 5.32 Å². The number of nitrogens with one attached hydrogen (secondary N) is 2. The van der Waals surface area contributed by atoms with Crippen LogP contribution in [0.5, 0.6) is 0 Å². The van der Waals surface area contributed by atoms with E-state index in [4.69, 9.17) is 12.2 Å². The molecule has 0 saturated heterocycles. The van der Waals surface area contributed by atoms with E-state index in [0.29, 0.717) is 4.99 Å². The van der Waals surface area contributed by atoms with E-state index in [2.05, 4.69) is 22.8 Å². The Morgan fingerprint density at radius 2 is 1.60 bits per heavy atom. The molecule has 0 fully saturated rings. The summed E-state index contributed by atoms with van der Waals surface area (Å²) in [5.74, 6) is 0. The number of para-hydroxylation sites is 1. The summed E-state index contributed by atoms with van der Waals surface area (Å²) in [5, 5.41) is 6.54. The largest absolute Gasteiger partial charge is 0.384 e. The summed E-state index contributed by atoms with van der Waals surface area (Å²) >= 11 is 5.32. The van der Waals surface area contributed by atoms with Crippen LogP contribution in [0.3, 0.4) is 0 Å². The van der Waals surface area contributed by atoms with E-state index in [9.17, 15) is 0 Å². The van der Waals surface area contributed by atoms with Crippen LogP contribution in [0, 0.1) is 0 Å². The summed E-state index contributed by atoms with van der Waals surface area (Å²) in [4.78, 5) is 0.703. The summed E-state index contributed by atoms with van der Waals surface area (Å²) in [6, 6.07) is 20.2. The highest BCUT2D eigenvalue weighted by Gasteiger charge is 1.96. The van der Waals surface area contributed by atoms with Crippen molar-refractivity contribution in [3.8, 4) is 0 Å². The van der Waals surface area contributed by atoms with E-state index in [0.717, 1.165) is 17.9 Å². The summed E-state index contributed by atoms with van der Waals surface area (Å²) in [7, 11) is 0. The van der Waals surface area contributed by atoms with Crippen molar-refractivity contribution in [2.24, 2.45) is 0 Å². The van der Waals surface area contributed by atoms with Gasteiger partial charge in [-0.15, -0.1) is 0 Å². The molecular weight excluding hydrogens is 264 g/mol. The predicted octanol–water partition coefficient (Wildman–Crippen LogP) is 4.12. The van der Waals surface area contributed by atoms with Gasteiger partial charge in [0.05, 0.1) is 0 Å². The third-order valence-electron chi connectivity index (χ3n) is 2.80. The first kappa shape index (κ1) is 14.3. The predicted molar refractivity (Wildman–Crippen MR) is 89.7 cm³/mol. The molecule has 0 aromatic heterocycles. The van der Waals surface area contributed by atoms with Gasteiger partial charge < -0.3 is 10.6 Å². The molecule has 0 radical (unpaired) electrons. The highest BCUT2D eigenvalue weighted by molar-refractivity contribution is 7.81. The fourth-order valence-corrected chi connectivity index (χ4v) is 2.08. The number of benzene rings is 2. The lowest BCUT2D eigenvalue weighted by Crippen LogP contribution is -2.14. The Labute approximate surface area is 125 Å². The van der Waals surface area contributed by atoms with E-state index in [1.807, 2.05) is 61.5 Å². The zero-order chi connectivity index (χ0) is 14.2. The molecule has 2 rings (SSSR count). The van der Waals surface area contributed by atoms with Crippen molar-refractivity contribution in [2.45, 2.75) is 13.5 Å². The van der Waals surface area contributed by atoms with E-state index < -0.39 is 0 Å². The minimum absolute atomic E-state index is 0.703. The Morgan fingerprint density at radius 3 is 2.25 bits per heavy atom. The third kappa shape index (κ3) is 4.86. The molecule has 2 aromatic rings. The van der Waals surface area contributed by atoms with Crippen LogP contribution in [0.15, 0.2) is 72.4 Å². The van der Waals surface area contributed by atoms with Crippen LogP contribution < -0.4 is 10.6 Å². The molecule has 3 heteroatoms. The van der Waals surface area contributed by atoms with Gasteiger partial charge in [-0.25, -0.2) is 0 Å². The summed E-state index contributed by atoms with van der Waals surface area (Å²) in [6.45, 7) is 2.82. The van der Waals surface area contributed by atoms with Gasteiger partial charge in [-0.1, -0.05) is 60.7 Å². The maximum absolute atomic E-state index is 5.32. The quantitative estimate of drug-likeness (QED) is 0.637. The molecule has 0 amide bonds. The van der Waals surface area contributed by atoms with Gasteiger partial charge in [0.25, 0.3) is 0 Å². The molecule has 2 aromatic carbocycles. The van der Waals surface area contributed by atoms with Gasteiger partial charge in [-0.05, 0) is 30.7 Å². The van der Waals surface area contributed by atoms with Crippen molar-refractivity contribution in [2.75, 3.05) is 5.32 Å². The van der Waals surface area contributed by atoms with E-state index in [-0.39, 0.29) is 0 Å². The fraction of sp³-hybridized carbons (Fsp3) is 0.118. The van der Waals surface area contributed by atoms with Crippen molar-refractivity contribution < 1.29 is 0 Å². The van der Waals surface area contributed by atoms with Crippen LogP contribution in [-0.2, 0) is 6.54 Å². The fourth-order valence-electron chi connectivity index (χ4n) is 1.78. The highest BCUT2D eigenvalue weighted by Crippen LogP contribution is 2.06. The second-order valence-electron chi connectivity index (χ2n) is 4.52. The number of rotatable bonds is 5. The Balaban J connectivity index is 1.85. The molecule has 0 heterocycles. The Kier molecular flexibility index (Phi) is 5.33. The van der Waals surface area contributed by atoms with Crippen molar-refractivity contribution in [3.63, 3.8) is 0 Å². The average Bonchev–Trinajstić information content (AvgIpc) is 2.47. The first-order chi connectivity index (χ1) is 9.74. The Morgan fingerprint density at radius 1 is 1.00 bits per heavy atom. The zero-order valence-corrected chi connectivity index (χ0v) is 12.3. The van der Waals surface area contributed by atoms with Gasteiger partial charge in [-0.2, -0.15) is 0 Å². The van der Waals surface area contributed by atoms with Gasteiger partial charge in [0, 0.05) is 17.9 Å². The first-order valence-electron chi connectivity index (χ1n) is 6.56. The highest BCUT2D eigenvalue weighted by atomic mass is 32.1. The second-order valence-corrected chi connectivity index (χ2v) is 4.96. The summed E-state index contributed by atoms with van der Waals surface area (Å²) < 4.78 is 0. The molecule has 2 N–H and O–H groups in total. The summed E-state index contributed by atoms with van der Waals surface area (Å²) in [6.07, 6.45) is 1.94. The van der Waals surface area contributed by atoms with Gasteiger partial charge in [0.15, 0.2) is 0 Å². The normalized spacial score (nSPS) is 10.9. The standard InChI is InChI=1S/C17H18N2S/c1-14(18-13-15-8-4-2-5-9-15)12-17(20)19-16-10-6-3-7-11-16/h2-12,18H,13H2,1H3,(H,19,20)/b14-12+. The molecular formula is C17H18N2S. The monoisotopic (exact) mass is 282 g/mol. The van der Waals surface area contributed by atoms with Crippen molar-refractivity contribution in [1.29, 1.82) is 0 Å². The Hall–Kier alpha value is -2.13. The molecule has 0 aliphatic heterocycles. The van der Waals surface area contributed by atoms with Crippen LogP contribution in [0.4, 0.5) is 5.69 Å². The molecule has 0 unspecified atom stereocenters. The van der Waals surface area contributed by atoms with Crippen LogP contribution in [0.1, 0.15) is 12.5 Å². The van der Waals surface area contributed by atoms with Gasteiger partial charge in [0.1, 0.15) is 4.99 Å². The second kappa shape index (κ2) is 7.46. The molecule has 2 nitrogen and oxygen atoms in total. The van der Waals surface area contributed by atoms with Crippen molar-refractivity contribution in [3.05, 3.63) is 78.0 Å². The lowest BCUT2D eigenvalue weighted by Gasteiger charge is -2.08. The number of thiocarbonyl (C=S) groups is 1. The zero-order valence-electron chi connectivity index (χ0n) is 11.5. The van der Waals surface area contributed by atoms with Crippen LogP contribution in [-0.4, -0.2) is 4.99 Å². The maximum atomic E-state index is 5.32. The number of hydrogen-bond donors (Lipinski definition) is 2. The molecule has 0 aliphatic rings. The maximum Gasteiger partial charge on any atom is 0.105 e. The molecule has 0 spiro atoms.